The van der Waals surface area contributed by atoms with Crippen LogP contribution in [0.3, 0.4) is 0 Å². The molecule has 2 heterocycles. The molecule has 182 valence electrons. The average molecular weight is 517 g/mol. The van der Waals surface area contributed by atoms with Gasteiger partial charge in [0.1, 0.15) is 12.4 Å². The van der Waals surface area contributed by atoms with E-state index in [9.17, 15) is 9.59 Å². The van der Waals surface area contributed by atoms with Crippen molar-refractivity contribution in [3.8, 4) is 5.75 Å². The fourth-order valence-corrected chi connectivity index (χ4v) is 5.23. The molecule has 3 aromatic carbocycles. The zero-order valence-electron chi connectivity index (χ0n) is 20.0. The second kappa shape index (κ2) is 10.2. The normalized spacial score (nSPS) is 14.9. The number of aromatic nitrogens is 1. The molecule has 0 spiro atoms. The van der Waals surface area contributed by atoms with Gasteiger partial charge in [0.2, 0.25) is 0 Å². The predicted molar refractivity (Wildman–Crippen MR) is 147 cm³/mol. The Morgan fingerprint density at radius 1 is 1.00 bits per heavy atom. The first-order valence-corrected chi connectivity index (χ1v) is 12.9. The highest BCUT2D eigenvalue weighted by atomic mass is 35.5. The van der Waals surface area contributed by atoms with Gasteiger partial charge in [-0.1, -0.05) is 54.1 Å². The highest BCUT2D eigenvalue weighted by Crippen LogP contribution is 2.34. The van der Waals surface area contributed by atoms with Crippen LogP contribution in [0.25, 0.3) is 17.0 Å². The second-order valence-corrected chi connectivity index (χ2v) is 10.2. The van der Waals surface area contributed by atoms with E-state index in [0.717, 1.165) is 50.7 Å². The first-order chi connectivity index (χ1) is 17.4. The van der Waals surface area contributed by atoms with Gasteiger partial charge in [0.25, 0.3) is 11.1 Å². The third kappa shape index (κ3) is 5.06. The Balaban J connectivity index is 1.34. The van der Waals surface area contributed by atoms with Crippen molar-refractivity contribution in [1.82, 2.24) is 9.47 Å². The highest BCUT2D eigenvalue weighted by molar-refractivity contribution is 8.18. The lowest BCUT2D eigenvalue weighted by Crippen LogP contribution is -2.32. The average Bonchev–Trinajstić information content (AvgIpc) is 3.34. The van der Waals surface area contributed by atoms with Gasteiger partial charge in [-0.15, -0.1) is 0 Å². The van der Waals surface area contributed by atoms with E-state index in [-0.39, 0.29) is 24.3 Å². The smallest absolute Gasteiger partial charge is 0.293 e. The van der Waals surface area contributed by atoms with Gasteiger partial charge in [-0.05, 0) is 72.6 Å². The molecule has 0 aliphatic carbocycles. The number of rotatable bonds is 7. The van der Waals surface area contributed by atoms with Crippen LogP contribution in [0.1, 0.15) is 22.3 Å². The summed E-state index contributed by atoms with van der Waals surface area (Å²) in [4.78, 5) is 27.4. The van der Waals surface area contributed by atoms with Crippen molar-refractivity contribution < 1.29 is 14.3 Å². The number of hydrogen-bond donors (Lipinski definition) is 0. The Hall–Kier alpha value is -3.48. The van der Waals surface area contributed by atoms with Gasteiger partial charge in [-0.2, -0.15) is 0 Å². The molecule has 1 aliphatic rings. The SMILES string of the molecule is Cc1ccc(C)c(OCCN2C(=O)S/C(=C\c3cn(Cc4ccc(Cl)cc4)c4ccccc34)C2=O)c1. The predicted octanol–water partition coefficient (Wildman–Crippen LogP) is 7.08. The van der Waals surface area contributed by atoms with Crippen LogP contribution < -0.4 is 4.74 Å². The number of thioether (sulfide) groups is 1. The highest BCUT2D eigenvalue weighted by Gasteiger charge is 2.35. The van der Waals surface area contributed by atoms with Crippen molar-refractivity contribution in [3.63, 3.8) is 0 Å². The van der Waals surface area contributed by atoms with Crippen LogP contribution in [0.4, 0.5) is 4.79 Å². The Morgan fingerprint density at radius 2 is 1.78 bits per heavy atom. The fraction of sp³-hybridized carbons (Fsp3) is 0.172. The molecule has 2 amide bonds. The van der Waals surface area contributed by atoms with Crippen LogP contribution in [0.15, 0.2) is 77.8 Å². The molecule has 1 fully saturated rings. The number of carbonyl (C=O) groups excluding carboxylic acids is 2. The van der Waals surface area contributed by atoms with Crippen molar-refractivity contribution in [2.45, 2.75) is 20.4 Å². The summed E-state index contributed by atoms with van der Waals surface area (Å²) in [5, 5.41) is 1.45. The minimum Gasteiger partial charge on any atom is -0.491 e. The number of aryl methyl sites for hydroxylation is 2. The maximum absolute atomic E-state index is 13.1. The summed E-state index contributed by atoms with van der Waals surface area (Å²) >= 11 is 7.00. The molecule has 0 radical (unpaired) electrons. The van der Waals surface area contributed by atoms with Crippen molar-refractivity contribution >= 4 is 51.5 Å². The van der Waals surface area contributed by atoms with Crippen LogP contribution in [0.5, 0.6) is 5.75 Å². The van der Waals surface area contributed by atoms with Crippen LogP contribution >= 0.6 is 23.4 Å². The summed E-state index contributed by atoms with van der Waals surface area (Å²) in [5.41, 5.74) is 5.19. The molecule has 4 aromatic rings. The number of amides is 2. The van der Waals surface area contributed by atoms with E-state index in [1.807, 2.05) is 86.8 Å². The maximum atomic E-state index is 13.1. The molecule has 0 N–H and O–H groups in total. The summed E-state index contributed by atoms with van der Waals surface area (Å²) in [5.74, 6) is 0.482. The third-order valence-electron chi connectivity index (χ3n) is 6.16. The van der Waals surface area contributed by atoms with E-state index in [1.165, 1.54) is 4.90 Å². The first kappa shape index (κ1) is 24.2. The lowest BCUT2D eigenvalue weighted by atomic mass is 10.1. The minimum atomic E-state index is -0.288. The summed E-state index contributed by atoms with van der Waals surface area (Å²) in [6.45, 7) is 5.09. The molecule has 0 saturated carbocycles. The molecular formula is C29H25ClN2O3S. The van der Waals surface area contributed by atoms with Crippen molar-refractivity contribution in [2.24, 2.45) is 0 Å². The van der Waals surface area contributed by atoms with E-state index in [0.29, 0.717) is 16.5 Å². The molecule has 36 heavy (non-hydrogen) atoms. The Labute approximate surface area is 219 Å². The monoisotopic (exact) mass is 516 g/mol. The zero-order chi connectivity index (χ0) is 25.2. The number of benzene rings is 3. The van der Waals surface area contributed by atoms with Crippen LogP contribution in [0.2, 0.25) is 5.02 Å². The van der Waals surface area contributed by atoms with Gasteiger partial charge in [0.05, 0.1) is 11.4 Å². The van der Waals surface area contributed by atoms with E-state index in [2.05, 4.69) is 10.6 Å². The number of para-hydroxylation sites is 1. The number of imide groups is 1. The van der Waals surface area contributed by atoms with Crippen LogP contribution in [-0.2, 0) is 11.3 Å². The van der Waals surface area contributed by atoms with Gasteiger partial charge in [-0.25, -0.2) is 0 Å². The standard InChI is InChI=1S/C29H25ClN2O3S/c1-19-7-8-20(2)26(15-19)35-14-13-32-28(33)27(36-29(32)34)16-22-18-31(25-6-4-3-5-24(22)25)17-21-9-11-23(30)12-10-21/h3-12,15-16,18H,13-14,17H2,1-2H3/b27-16-. The van der Waals surface area contributed by atoms with Crippen molar-refractivity contribution in [1.29, 1.82) is 0 Å². The van der Waals surface area contributed by atoms with Gasteiger partial charge in [0.15, 0.2) is 0 Å². The van der Waals surface area contributed by atoms with E-state index in [4.69, 9.17) is 16.3 Å². The van der Waals surface area contributed by atoms with Crippen molar-refractivity contribution in [2.75, 3.05) is 13.2 Å². The topological polar surface area (TPSA) is 51.5 Å². The summed E-state index contributed by atoms with van der Waals surface area (Å²) in [6.07, 6.45) is 3.84. The number of carbonyl (C=O) groups is 2. The van der Waals surface area contributed by atoms with Crippen molar-refractivity contribution in [3.05, 3.63) is 105 Å². The second-order valence-electron chi connectivity index (χ2n) is 8.81. The van der Waals surface area contributed by atoms with Crippen LogP contribution in [-0.4, -0.2) is 33.8 Å². The Bertz CT molecular complexity index is 1490. The first-order valence-electron chi connectivity index (χ1n) is 11.7. The number of ether oxygens (including phenoxy) is 1. The fourth-order valence-electron chi connectivity index (χ4n) is 4.25. The van der Waals surface area contributed by atoms with Gasteiger partial charge >= 0.3 is 0 Å². The molecule has 5 nitrogen and oxygen atoms in total. The minimum absolute atomic E-state index is 0.202. The zero-order valence-corrected chi connectivity index (χ0v) is 21.6. The molecule has 1 aliphatic heterocycles. The number of halogens is 1. The molecule has 5 rings (SSSR count). The quantitative estimate of drug-likeness (QED) is 0.246. The maximum Gasteiger partial charge on any atom is 0.293 e. The molecule has 0 unspecified atom stereocenters. The van der Waals surface area contributed by atoms with Gasteiger partial charge in [0, 0.05) is 34.2 Å². The molecule has 0 bridgehead atoms. The van der Waals surface area contributed by atoms with E-state index < -0.39 is 0 Å². The number of hydrogen-bond acceptors (Lipinski definition) is 4. The Morgan fingerprint density at radius 3 is 2.58 bits per heavy atom. The Kier molecular flexibility index (Phi) is 6.90. The molecule has 1 saturated heterocycles. The molecular weight excluding hydrogens is 492 g/mol. The van der Waals surface area contributed by atoms with Crippen LogP contribution in [0, 0.1) is 13.8 Å². The lowest BCUT2D eigenvalue weighted by molar-refractivity contribution is -0.123. The van der Waals surface area contributed by atoms with E-state index >= 15 is 0 Å². The number of nitrogens with zero attached hydrogens (tertiary/aromatic N) is 2. The summed E-state index contributed by atoms with van der Waals surface area (Å²) in [7, 11) is 0. The third-order valence-corrected chi connectivity index (χ3v) is 7.32. The van der Waals surface area contributed by atoms with Gasteiger partial charge < -0.3 is 9.30 Å². The summed E-state index contributed by atoms with van der Waals surface area (Å²) < 4.78 is 8.01. The number of fused-ring (bicyclic) bond motifs is 1. The lowest BCUT2D eigenvalue weighted by Gasteiger charge is -2.14. The van der Waals surface area contributed by atoms with Gasteiger partial charge in [-0.3, -0.25) is 14.5 Å². The largest absolute Gasteiger partial charge is 0.491 e. The molecule has 1 aromatic heterocycles. The van der Waals surface area contributed by atoms with E-state index in [1.54, 1.807) is 0 Å². The molecule has 7 heteroatoms. The molecule has 0 atom stereocenters. The summed E-state index contributed by atoms with van der Waals surface area (Å²) in [6, 6.07) is 21.8.